The molecule has 3 heteroatoms. The molecule has 1 aromatic heterocycles. The summed E-state index contributed by atoms with van der Waals surface area (Å²) in [5, 5.41) is 0. The number of anilines is 1. The molecule has 0 fully saturated rings. The molecule has 0 amide bonds. The zero-order chi connectivity index (χ0) is 9.68. The molecule has 0 aliphatic carbocycles. The number of unbranched alkanes of at least 4 members (excludes halogenated alkanes) is 1. The molecule has 1 rings (SSSR count). The molecule has 0 saturated heterocycles. The van der Waals surface area contributed by atoms with Crippen LogP contribution in [-0.2, 0) is 13.0 Å². The van der Waals surface area contributed by atoms with Gasteiger partial charge < -0.3 is 10.3 Å². The fraction of sp³-hybridized carbons (Fsp3) is 0.500. The maximum atomic E-state index is 5.88. The molecule has 3 nitrogen and oxygen atoms in total. The van der Waals surface area contributed by atoms with Gasteiger partial charge in [-0.15, -0.1) is 6.58 Å². The third-order valence-electron chi connectivity index (χ3n) is 2.05. The lowest BCUT2D eigenvalue weighted by Crippen LogP contribution is -2.01. The first-order valence-electron chi connectivity index (χ1n) is 4.70. The van der Waals surface area contributed by atoms with Crippen LogP contribution in [0.15, 0.2) is 19.0 Å². The zero-order valence-electron chi connectivity index (χ0n) is 8.16. The van der Waals surface area contributed by atoms with Gasteiger partial charge in [-0.1, -0.05) is 19.4 Å². The van der Waals surface area contributed by atoms with E-state index in [2.05, 4.69) is 18.5 Å². The summed E-state index contributed by atoms with van der Waals surface area (Å²) < 4.78 is 1.91. The van der Waals surface area contributed by atoms with Crippen LogP contribution in [0.25, 0.3) is 0 Å². The fourth-order valence-corrected chi connectivity index (χ4v) is 1.25. The van der Waals surface area contributed by atoms with E-state index in [4.69, 9.17) is 5.73 Å². The maximum absolute atomic E-state index is 5.88. The van der Waals surface area contributed by atoms with Gasteiger partial charge in [-0.25, -0.2) is 4.98 Å². The molecule has 0 radical (unpaired) electrons. The van der Waals surface area contributed by atoms with Crippen molar-refractivity contribution < 1.29 is 0 Å². The Hall–Kier alpha value is -1.25. The van der Waals surface area contributed by atoms with Crippen LogP contribution in [0, 0.1) is 0 Å². The fourth-order valence-electron chi connectivity index (χ4n) is 1.25. The van der Waals surface area contributed by atoms with Gasteiger partial charge in [-0.05, 0) is 12.8 Å². The van der Waals surface area contributed by atoms with Crippen molar-refractivity contribution in [1.82, 2.24) is 9.55 Å². The van der Waals surface area contributed by atoms with Gasteiger partial charge in [0.2, 0.25) is 0 Å². The molecule has 0 atom stereocenters. The molecular formula is C10H17N3. The number of aromatic nitrogens is 2. The Morgan fingerprint density at radius 3 is 3.08 bits per heavy atom. The van der Waals surface area contributed by atoms with E-state index in [0.29, 0.717) is 0 Å². The van der Waals surface area contributed by atoms with Crippen LogP contribution < -0.4 is 5.73 Å². The van der Waals surface area contributed by atoms with Crippen molar-refractivity contribution in [3.63, 3.8) is 0 Å². The number of aryl methyl sites for hydroxylation is 1. The highest BCUT2D eigenvalue weighted by atomic mass is 15.1. The van der Waals surface area contributed by atoms with Crippen LogP contribution in [0.4, 0.5) is 5.82 Å². The lowest BCUT2D eigenvalue weighted by Gasteiger charge is -2.01. The highest BCUT2D eigenvalue weighted by Crippen LogP contribution is 2.12. The Labute approximate surface area is 79.3 Å². The molecule has 13 heavy (non-hydrogen) atoms. The third kappa shape index (κ3) is 2.34. The molecule has 0 bridgehead atoms. The molecule has 1 aromatic rings. The molecule has 0 spiro atoms. The summed E-state index contributed by atoms with van der Waals surface area (Å²) in [5.74, 6) is 0.786. The largest absolute Gasteiger partial charge is 0.384 e. The number of nitrogens with zero attached hydrogens (tertiary/aromatic N) is 2. The highest BCUT2D eigenvalue weighted by Gasteiger charge is 2.04. The number of rotatable bonds is 5. The number of imidazole rings is 1. The quantitative estimate of drug-likeness (QED) is 0.702. The number of hydrogen-bond donors (Lipinski definition) is 1. The van der Waals surface area contributed by atoms with E-state index in [1.807, 2.05) is 10.6 Å². The van der Waals surface area contributed by atoms with Crippen molar-refractivity contribution in [2.45, 2.75) is 32.7 Å². The van der Waals surface area contributed by atoms with E-state index >= 15 is 0 Å². The van der Waals surface area contributed by atoms with Crippen LogP contribution in [0.5, 0.6) is 0 Å². The van der Waals surface area contributed by atoms with Crippen molar-refractivity contribution in [3.8, 4) is 0 Å². The first-order valence-corrected chi connectivity index (χ1v) is 4.70. The van der Waals surface area contributed by atoms with E-state index < -0.39 is 0 Å². The summed E-state index contributed by atoms with van der Waals surface area (Å²) in [6.45, 7) is 6.57. The van der Waals surface area contributed by atoms with Gasteiger partial charge in [-0.3, -0.25) is 0 Å². The Morgan fingerprint density at radius 2 is 2.46 bits per heavy atom. The van der Waals surface area contributed by atoms with E-state index in [9.17, 15) is 0 Å². The first kappa shape index (κ1) is 9.84. The van der Waals surface area contributed by atoms with Crippen molar-refractivity contribution in [2.75, 3.05) is 5.73 Å². The van der Waals surface area contributed by atoms with Gasteiger partial charge >= 0.3 is 0 Å². The van der Waals surface area contributed by atoms with E-state index in [1.165, 1.54) is 6.42 Å². The average Bonchev–Trinajstić information content (AvgIpc) is 2.46. The molecular weight excluding hydrogens is 162 g/mol. The number of nitrogen functional groups attached to an aromatic ring is 1. The first-order chi connectivity index (χ1) is 6.29. The summed E-state index contributed by atoms with van der Waals surface area (Å²) in [5.41, 5.74) is 6.90. The molecule has 0 aromatic carbocycles. The number of hydrogen-bond acceptors (Lipinski definition) is 2. The van der Waals surface area contributed by atoms with Crippen LogP contribution in [0.1, 0.15) is 25.5 Å². The van der Waals surface area contributed by atoms with Crippen LogP contribution >= 0.6 is 0 Å². The summed E-state index contributed by atoms with van der Waals surface area (Å²) in [7, 11) is 0. The van der Waals surface area contributed by atoms with Crippen molar-refractivity contribution >= 4 is 5.82 Å². The molecule has 0 saturated carbocycles. The summed E-state index contributed by atoms with van der Waals surface area (Å²) in [6.07, 6.45) is 6.90. The van der Waals surface area contributed by atoms with Gasteiger partial charge in [0.1, 0.15) is 5.82 Å². The predicted molar refractivity (Wildman–Crippen MR) is 55.4 cm³/mol. The van der Waals surface area contributed by atoms with Crippen molar-refractivity contribution in [1.29, 1.82) is 0 Å². The summed E-state index contributed by atoms with van der Waals surface area (Å²) in [4.78, 5) is 4.26. The van der Waals surface area contributed by atoms with Gasteiger partial charge in [0.15, 0.2) is 0 Å². The monoisotopic (exact) mass is 179 g/mol. The SMILES string of the molecule is C=CCn1cnc(CCCC)c1N. The lowest BCUT2D eigenvalue weighted by atomic mass is 10.2. The van der Waals surface area contributed by atoms with Crippen LogP contribution in [-0.4, -0.2) is 9.55 Å². The standard InChI is InChI=1S/C10H17N3/c1-3-5-6-9-10(11)13(7-4-2)8-12-9/h4,8H,2-3,5-7,11H2,1H3. The zero-order valence-corrected chi connectivity index (χ0v) is 8.16. The van der Waals surface area contributed by atoms with E-state index in [-0.39, 0.29) is 0 Å². The molecule has 72 valence electrons. The van der Waals surface area contributed by atoms with Crippen molar-refractivity contribution in [2.24, 2.45) is 0 Å². The van der Waals surface area contributed by atoms with Crippen molar-refractivity contribution in [3.05, 3.63) is 24.7 Å². The second kappa shape index (κ2) is 4.70. The third-order valence-corrected chi connectivity index (χ3v) is 2.05. The Bertz CT molecular complexity index is 276. The molecule has 0 aliphatic rings. The second-order valence-electron chi connectivity index (χ2n) is 3.12. The van der Waals surface area contributed by atoms with E-state index in [1.54, 1.807) is 6.33 Å². The van der Waals surface area contributed by atoms with Gasteiger partial charge in [0.25, 0.3) is 0 Å². The molecule has 0 aliphatic heterocycles. The Balaban J connectivity index is 2.68. The Morgan fingerprint density at radius 1 is 1.69 bits per heavy atom. The molecule has 2 N–H and O–H groups in total. The number of nitrogens with two attached hydrogens (primary N) is 1. The topological polar surface area (TPSA) is 43.8 Å². The van der Waals surface area contributed by atoms with Crippen LogP contribution in [0.3, 0.4) is 0 Å². The second-order valence-corrected chi connectivity index (χ2v) is 3.12. The minimum absolute atomic E-state index is 0.741. The Kier molecular flexibility index (Phi) is 3.55. The minimum Gasteiger partial charge on any atom is -0.384 e. The van der Waals surface area contributed by atoms with E-state index in [0.717, 1.165) is 30.9 Å². The number of allylic oxidation sites excluding steroid dienone is 1. The molecule has 1 heterocycles. The minimum atomic E-state index is 0.741. The smallest absolute Gasteiger partial charge is 0.126 e. The van der Waals surface area contributed by atoms with Crippen LogP contribution in [0.2, 0.25) is 0 Å². The van der Waals surface area contributed by atoms with Gasteiger partial charge in [0, 0.05) is 6.54 Å². The average molecular weight is 179 g/mol. The summed E-state index contributed by atoms with van der Waals surface area (Å²) in [6, 6.07) is 0. The predicted octanol–water partition coefficient (Wildman–Crippen LogP) is 1.99. The lowest BCUT2D eigenvalue weighted by molar-refractivity contribution is 0.781. The normalized spacial score (nSPS) is 10.2. The van der Waals surface area contributed by atoms with Gasteiger partial charge in [-0.2, -0.15) is 0 Å². The van der Waals surface area contributed by atoms with Gasteiger partial charge in [0.05, 0.1) is 12.0 Å². The maximum Gasteiger partial charge on any atom is 0.126 e. The summed E-state index contributed by atoms with van der Waals surface area (Å²) >= 11 is 0. The molecule has 0 unspecified atom stereocenters. The highest BCUT2D eigenvalue weighted by molar-refractivity contribution is 5.36.